The molecule has 1 aromatic rings. The molecule has 0 radical (unpaired) electrons. The summed E-state index contributed by atoms with van der Waals surface area (Å²) in [4.78, 5) is 1.97. The maximum Gasteiger partial charge on any atom is 0.231 e. The zero-order valence-corrected chi connectivity index (χ0v) is 14.0. The maximum absolute atomic E-state index is 11.6. The van der Waals surface area contributed by atoms with Crippen LogP contribution >= 0.6 is 12.4 Å². The van der Waals surface area contributed by atoms with Gasteiger partial charge in [0.2, 0.25) is 16.8 Å². The molecule has 1 unspecified atom stereocenters. The molecule has 21 heavy (non-hydrogen) atoms. The van der Waals surface area contributed by atoms with Gasteiger partial charge in [-0.25, -0.2) is 13.1 Å². The van der Waals surface area contributed by atoms with Crippen LogP contribution in [0.5, 0.6) is 11.5 Å². The zero-order valence-electron chi connectivity index (χ0n) is 12.3. The van der Waals surface area contributed by atoms with Gasteiger partial charge < -0.3 is 14.4 Å². The molecule has 0 fully saturated rings. The third-order valence-corrected chi connectivity index (χ3v) is 4.65. The van der Waals surface area contributed by atoms with E-state index in [1.807, 2.05) is 37.2 Å². The topological polar surface area (TPSA) is 67.9 Å². The second-order valence-corrected chi connectivity index (χ2v) is 6.94. The molecule has 0 bridgehead atoms. The highest BCUT2D eigenvalue weighted by Crippen LogP contribution is 2.34. The minimum absolute atomic E-state index is 0. The Labute approximate surface area is 131 Å². The van der Waals surface area contributed by atoms with Gasteiger partial charge in [-0.15, -0.1) is 12.4 Å². The molecule has 0 amide bonds. The van der Waals surface area contributed by atoms with Gasteiger partial charge in [0.1, 0.15) is 0 Å². The van der Waals surface area contributed by atoms with Gasteiger partial charge in [-0.1, -0.05) is 6.07 Å². The summed E-state index contributed by atoms with van der Waals surface area (Å²) in [6.07, 6.45) is 0. The van der Waals surface area contributed by atoms with E-state index in [4.69, 9.17) is 9.47 Å². The number of rotatable bonds is 6. The van der Waals surface area contributed by atoms with Gasteiger partial charge in [0, 0.05) is 12.6 Å². The van der Waals surface area contributed by atoms with E-state index in [0.717, 1.165) is 11.3 Å². The van der Waals surface area contributed by atoms with Crippen LogP contribution in [0.25, 0.3) is 0 Å². The summed E-state index contributed by atoms with van der Waals surface area (Å²) in [7, 11) is 0.624. The average molecular weight is 337 g/mol. The molecule has 0 aliphatic carbocycles. The zero-order chi connectivity index (χ0) is 14.8. The molecule has 0 saturated carbocycles. The van der Waals surface area contributed by atoms with Gasteiger partial charge in [0.15, 0.2) is 11.5 Å². The van der Waals surface area contributed by atoms with Gasteiger partial charge in [0.25, 0.3) is 0 Å². The molecule has 1 N–H and O–H groups in total. The van der Waals surface area contributed by atoms with E-state index in [0.29, 0.717) is 12.3 Å². The number of hydrogen-bond donors (Lipinski definition) is 1. The third-order valence-electron chi connectivity index (χ3n) is 3.28. The molecule has 120 valence electrons. The van der Waals surface area contributed by atoms with Crippen molar-refractivity contribution in [1.29, 1.82) is 0 Å². The van der Waals surface area contributed by atoms with Crippen molar-refractivity contribution >= 4 is 22.4 Å². The number of benzene rings is 1. The number of likely N-dealkylation sites (N-methyl/N-ethyl adjacent to an activating group) is 1. The molecule has 6 nitrogen and oxygen atoms in total. The van der Waals surface area contributed by atoms with Crippen molar-refractivity contribution in [1.82, 2.24) is 9.62 Å². The van der Waals surface area contributed by atoms with Gasteiger partial charge in [0.05, 0.1) is 5.75 Å². The first-order valence-corrected chi connectivity index (χ1v) is 8.11. The summed E-state index contributed by atoms with van der Waals surface area (Å²) in [5.74, 6) is 1.50. The van der Waals surface area contributed by atoms with Crippen molar-refractivity contribution < 1.29 is 17.9 Å². The first-order chi connectivity index (χ1) is 9.43. The van der Waals surface area contributed by atoms with Crippen molar-refractivity contribution in [2.24, 2.45) is 0 Å². The Bertz CT molecular complexity index is 578. The van der Waals surface area contributed by atoms with Gasteiger partial charge in [-0.3, -0.25) is 0 Å². The Morgan fingerprint density at radius 2 is 1.95 bits per heavy atom. The second-order valence-electron chi connectivity index (χ2n) is 4.84. The Kier molecular flexibility index (Phi) is 6.27. The molecule has 0 aromatic heterocycles. The Balaban J connectivity index is 0.00000220. The lowest BCUT2D eigenvalue weighted by Gasteiger charge is -2.25. The lowest BCUT2D eigenvalue weighted by atomic mass is 10.1. The minimum atomic E-state index is -3.20. The molecular formula is C13H21ClN2O4S. The summed E-state index contributed by atoms with van der Waals surface area (Å²) in [6, 6.07) is 5.61. The van der Waals surface area contributed by atoms with Crippen molar-refractivity contribution in [3.05, 3.63) is 23.8 Å². The summed E-state index contributed by atoms with van der Waals surface area (Å²) >= 11 is 0. The highest BCUT2D eigenvalue weighted by molar-refractivity contribution is 7.89. The van der Waals surface area contributed by atoms with Crippen LogP contribution < -0.4 is 14.2 Å². The minimum Gasteiger partial charge on any atom is -0.454 e. The van der Waals surface area contributed by atoms with E-state index < -0.39 is 10.0 Å². The summed E-state index contributed by atoms with van der Waals surface area (Å²) < 4.78 is 36.4. The number of sulfonamides is 1. The average Bonchev–Trinajstić information content (AvgIpc) is 2.86. The second kappa shape index (κ2) is 7.31. The molecule has 1 aliphatic rings. The van der Waals surface area contributed by atoms with E-state index in [1.165, 1.54) is 0 Å². The largest absolute Gasteiger partial charge is 0.454 e. The predicted molar refractivity (Wildman–Crippen MR) is 83.7 cm³/mol. The number of hydrogen-bond acceptors (Lipinski definition) is 5. The van der Waals surface area contributed by atoms with Gasteiger partial charge >= 0.3 is 0 Å². The van der Waals surface area contributed by atoms with Crippen LogP contribution in [0, 0.1) is 0 Å². The first-order valence-electron chi connectivity index (χ1n) is 6.46. The van der Waals surface area contributed by atoms with Crippen molar-refractivity contribution in [3.63, 3.8) is 0 Å². The fourth-order valence-electron chi connectivity index (χ4n) is 2.03. The number of fused-ring (bicyclic) bond motifs is 1. The number of ether oxygens (including phenoxy) is 2. The molecule has 8 heteroatoms. The molecule has 1 atom stereocenters. The maximum atomic E-state index is 11.6. The van der Waals surface area contributed by atoms with E-state index in [2.05, 4.69) is 4.72 Å². The fourth-order valence-corrected chi connectivity index (χ4v) is 2.64. The standard InChI is InChI=1S/C13H20N2O4S.ClH/c1-4-20(16,17)14-8-11(15(2)3)10-5-6-12-13(7-10)19-9-18-12;/h5-7,11,14H,4,8-9H2,1-3H3;1H. The number of halogens is 1. The number of nitrogens with zero attached hydrogens (tertiary/aromatic N) is 1. The van der Waals surface area contributed by atoms with Crippen LogP contribution in [-0.4, -0.2) is 46.5 Å². The Morgan fingerprint density at radius 3 is 2.57 bits per heavy atom. The van der Waals surface area contributed by atoms with Gasteiger partial charge in [-0.2, -0.15) is 0 Å². The smallest absolute Gasteiger partial charge is 0.231 e. The summed E-state index contributed by atoms with van der Waals surface area (Å²) in [5.41, 5.74) is 0.984. The Hall–Kier alpha value is -1.02. The normalized spacial score (nSPS) is 14.9. The van der Waals surface area contributed by atoms with E-state index in [1.54, 1.807) is 6.92 Å². The third kappa shape index (κ3) is 4.47. The number of nitrogens with one attached hydrogen (secondary N) is 1. The first kappa shape index (κ1) is 18.0. The van der Waals surface area contributed by atoms with Crippen LogP contribution in [0.15, 0.2) is 18.2 Å². The monoisotopic (exact) mass is 336 g/mol. The van der Waals surface area contributed by atoms with Crippen LogP contribution in [0.4, 0.5) is 0 Å². The lowest BCUT2D eigenvalue weighted by molar-refractivity contribution is 0.174. The SMILES string of the molecule is CCS(=O)(=O)NCC(c1ccc2c(c1)OCO2)N(C)C.Cl. The van der Waals surface area contributed by atoms with Gasteiger partial charge in [-0.05, 0) is 38.7 Å². The molecule has 0 saturated heterocycles. The van der Waals surface area contributed by atoms with Crippen LogP contribution in [0.3, 0.4) is 0 Å². The summed E-state index contributed by atoms with van der Waals surface area (Å²) in [5, 5.41) is 0. The predicted octanol–water partition coefficient (Wildman–Crippen LogP) is 1.38. The van der Waals surface area contributed by atoms with Crippen molar-refractivity contribution in [2.75, 3.05) is 33.2 Å². The highest BCUT2D eigenvalue weighted by Gasteiger charge is 2.21. The highest BCUT2D eigenvalue weighted by atomic mass is 35.5. The van der Waals surface area contributed by atoms with Crippen molar-refractivity contribution in [2.45, 2.75) is 13.0 Å². The molecule has 1 aliphatic heterocycles. The van der Waals surface area contributed by atoms with Crippen LogP contribution in [-0.2, 0) is 10.0 Å². The van der Waals surface area contributed by atoms with Crippen LogP contribution in [0.2, 0.25) is 0 Å². The molecule has 0 spiro atoms. The molecular weight excluding hydrogens is 316 g/mol. The molecule has 1 heterocycles. The summed E-state index contributed by atoms with van der Waals surface area (Å²) in [6.45, 7) is 2.17. The molecule has 2 rings (SSSR count). The van der Waals surface area contributed by atoms with Crippen molar-refractivity contribution in [3.8, 4) is 11.5 Å². The lowest BCUT2D eigenvalue weighted by Crippen LogP contribution is -2.35. The Morgan fingerprint density at radius 1 is 1.29 bits per heavy atom. The quantitative estimate of drug-likeness (QED) is 0.850. The van der Waals surface area contributed by atoms with E-state index in [-0.39, 0.29) is 31.0 Å². The fraction of sp³-hybridized carbons (Fsp3) is 0.538. The van der Waals surface area contributed by atoms with E-state index in [9.17, 15) is 8.42 Å². The van der Waals surface area contributed by atoms with E-state index >= 15 is 0 Å². The van der Waals surface area contributed by atoms with Crippen LogP contribution in [0.1, 0.15) is 18.5 Å². The molecule has 1 aromatic carbocycles.